The summed E-state index contributed by atoms with van der Waals surface area (Å²) in [6, 6.07) is 5.42. The molecule has 0 heterocycles. The second-order valence-corrected chi connectivity index (χ2v) is 13.1. The molecule has 10 N–H and O–H groups in total. The van der Waals surface area contributed by atoms with E-state index in [9.17, 15) is 18.6 Å². The topological polar surface area (TPSA) is 179 Å². The highest BCUT2D eigenvalue weighted by Gasteiger charge is 2.33. The van der Waals surface area contributed by atoms with Crippen LogP contribution in [0.3, 0.4) is 0 Å². The number of sulfone groups is 1. The summed E-state index contributed by atoms with van der Waals surface area (Å²) < 4.78 is 27.7. The number of phenolic OH excluding ortho intramolecular Hbond substituents is 2. The molecule has 0 amide bonds. The second-order valence-electron chi connectivity index (χ2n) is 11.1. The number of rotatable bonds is 6. The van der Waals surface area contributed by atoms with Crippen molar-refractivity contribution >= 4 is 9.84 Å². The first kappa shape index (κ1) is 27.1. The molecule has 0 aliphatic heterocycles. The molecule has 0 saturated heterocycles. The first-order chi connectivity index (χ1) is 14.5. The molecule has 2 aromatic carbocycles. The van der Waals surface area contributed by atoms with Gasteiger partial charge in [0.05, 0.1) is 9.79 Å². The Labute approximate surface area is 196 Å². The van der Waals surface area contributed by atoms with Crippen LogP contribution in [0.1, 0.15) is 77.6 Å². The molecule has 0 fully saturated rings. The lowest BCUT2D eigenvalue weighted by atomic mass is 9.87. The summed E-state index contributed by atoms with van der Waals surface area (Å²) in [5, 5.41) is 21.7. The van der Waals surface area contributed by atoms with E-state index in [0.29, 0.717) is 0 Å². The van der Waals surface area contributed by atoms with Gasteiger partial charge in [-0.15, -0.1) is 0 Å². The quantitative estimate of drug-likeness (QED) is 0.367. The van der Waals surface area contributed by atoms with Gasteiger partial charge in [-0.25, -0.2) is 8.42 Å². The molecule has 0 radical (unpaired) electrons. The van der Waals surface area contributed by atoms with E-state index in [1.54, 1.807) is 55.4 Å². The van der Waals surface area contributed by atoms with Gasteiger partial charge in [0, 0.05) is 44.4 Å². The van der Waals surface area contributed by atoms with Gasteiger partial charge in [0.1, 0.15) is 11.5 Å². The summed E-state index contributed by atoms with van der Waals surface area (Å²) in [5.41, 5.74) is 21.8. The molecule has 9 heteroatoms. The van der Waals surface area contributed by atoms with Crippen LogP contribution in [-0.2, 0) is 32.0 Å². The Balaban J connectivity index is 2.99. The Kier molecular flexibility index (Phi) is 6.53. The number of benzene rings is 2. The van der Waals surface area contributed by atoms with Gasteiger partial charge in [-0.1, -0.05) is 0 Å². The molecule has 33 heavy (non-hydrogen) atoms. The van der Waals surface area contributed by atoms with Crippen molar-refractivity contribution in [1.29, 1.82) is 0 Å². The largest absolute Gasteiger partial charge is 0.507 e. The Morgan fingerprint density at radius 2 is 0.727 bits per heavy atom. The van der Waals surface area contributed by atoms with Crippen LogP contribution in [0, 0.1) is 0 Å². The smallest absolute Gasteiger partial charge is 0.206 e. The van der Waals surface area contributed by atoms with Crippen molar-refractivity contribution in [3.05, 3.63) is 46.5 Å². The average molecular weight is 479 g/mol. The van der Waals surface area contributed by atoms with Gasteiger partial charge in [0.15, 0.2) is 0 Å². The highest BCUT2D eigenvalue weighted by molar-refractivity contribution is 7.91. The van der Waals surface area contributed by atoms with Crippen LogP contribution in [0.2, 0.25) is 0 Å². The van der Waals surface area contributed by atoms with E-state index in [4.69, 9.17) is 22.9 Å². The van der Waals surface area contributed by atoms with Crippen molar-refractivity contribution in [3.63, 3.8) is 0 Å². The first-order valence-electron chi connectivity index (χ1n) is 10.7. The summed E-state index contributed by atoms with van der Waals surface area (Å²) in [6.07, 6.45) is 0. The van der Waals surface area contributed by atoms with Crippen LogP contribution in [0.25, 0.3) is 0 Å². The second kappa shape index (κ2) is 7.95. The predicted molar refractivity (Wildman–Crippen MR) is 131 cm³/mol. The van der Waals surface area contributed by atoms with E-state index in [1.807, 2.05) is 0 Å². The fourth-order valence-electron chi connectivity index (χ4n) is 3.63. The Morgan fingerprint density at radius 1 is 0.545 bits per heavy atom. The van der Waals surface area contributed by atoms with E-state index in [1.165, 1.54) is 24.3 Å². The minimum atomic E-state index is -4.15. The number of hydrogen-bond donors (Lipinski definition) is 6. The average Bonchev–Trinajstić information content (AvgIpc) is 2.57. The Bertz CT molecular complexity index is 1020. The summed E-state index contributed by atoms with van der Waals surface area (Å²) in [7, 11) is -4.15. The maximum atomic E-state index is 13.8. The molecule has 0 atom stereocenters. The lowest BCUT2D eigenvalue weighted by Crippen LogP contribution is -2.33. The van der Waals surface area contributed by atoms with Gasteiger partial charge in [-0.2, -0.15) is 0 Å². The highest BCUT2D eigenvalue weighted by Crippen LogP contribution is 2.41. The maximum Gasteiger partial charge on any atom is 0.206 e. The van der Waals surface area contributed by atoms with Crippen LogP contribution < -0.4 is 22.9 Å². The van der Waals surface area contributed by atoms with E-state index in [-0.39, 0.29) is 43.5 Å². The molecule has 0 aliphatic carbocycles. The van der Waals surface area contributed by atoms with Gasteiger partial charge in [0.25, 0.3) is 0 Å². The van der Waals surface area contributed by atoms with Crippen LogP contribution >= 0.6 is 0 Å². The molecule has 0 aliphatic rings. The van der Waals surface area contributed by atoms with Crippen molar-refractivity contribution in [2.75, 3.05) is 0 Å². The SMILES string of the molecule is CC(C)(N)c1cc(S(=O)(=O)c2cc(C(C)(C)N)c(O)c(C(C)(C)N)c2)cc(C(C)(C)N)c1O. The summed E-state index contributed by atoms with van der Waals surface area (Å²) >= 11 is 0. The van der Waals surface area contributed by atoms with Gasteiger partial charge in [-0.3, -0.25) is 0 Å². The van der Waals surface area contributed by atoms with Crippen molar-refractivity contribution in [3.8, 4) is 11.5 Å². The molecule has 0 aromatic heterocycles. The third-order valence-corrected chi connectivity index (χ3v) is 7.28. The molecular weight excluding hydrogens is 440 g/mol. The molecule has 2 aromatic rings. The highest BCUT2D eigenvalue weighted by atomic mass is 32.2. The standard InChI is InChI=1S/C24H38N4O4S/c1-21(2,25)15-9-13(10-16(19(15)29)22(3,4)26)33(31,32)14-11-17(23(5,6)27)20(30)18(12-14)24(7,8)28/h9-12,29-30H,25-28H2,1-8H3. The molecule has 0 spiro atoms. The maximum absolute atomic E-state index is 13.8. The molecule has 0 unspecified atom stereocenters. The minimum absolute atomic E-state index is 0.0883. The summed E-state index contributed by atoms with van der Waals surface area (Å²) in [5.74, 6) is -0.292. The van der Waals surface area contributed by atoms with Gasteiger partial charge in [-0.05, 0) is 79.7 Å². The predicted octanol–water partition coefficient (Wildman–Crippen LogP) is 2.71. The molecule has 0 bridgehead atoms. The third-order valence-electron chi connectivity index (χ3n) is 5.56. The van der Waals surface area contributed by atoms with Gasteiger partial charge in [0.2, 0.25) is 9.84 Å². The molecule has 184 valence electrons. The molecule has 2 rings (SSSR count). The zero-order valence-electron chi connectivity index (χ0n) is 20.7. The van der Waals surface area contributed by atoms with Crippen LogP contribution in [0.15, 0.2) is 34.1 Å². The fourth-order valence-corrected chi connectivity index (χ4v) is 4.99. The minimum Gasteiger partial charge on any atom is -0.507 e. The van der Waals surface area contributed by atoms with Crippen LogP contribution in [0.5, 0.6) is 11.5 Å². The normalized spacial score (nSPS) is 13.9. The van der Waals surface area contributed by atoms with Crippen molar-refractivity contribution in [2.45, 2.75) is 87.3 Å². The lowest BCUT2D eigenvalue weighted by molar-refractivity contribution is 0.412. The van der Waals surface area contributed by atoms with E-state index in [2.05, 4.69) is 0 Å². The Morgan fingerprint density at radius 3 is 0.879 bits per heavy atom. The van der Waals surface area contributed by atoms with Crippen molar-refractivity contribution in [2.24, 2.45) is 22.9 Å². The Hall–Kier alpha value is -2.17. The van der Waals surface area contributed by atoms with Crippen molar-refractivity contribution < 1.29 is 18.6 Å². The van der Waals surface area contributed by atoms with E-state index in [0.717, 1.165) is 0 Å². The number of aromatic hydroxyl groups is 2. The number of nitrogens with two attached hydrogens (primary N) is 4. The van der Waals surface area contributed by atoms with E-state index < -0.39 is 32.0 Å². The van der Waals surface area contributed by atoms with Gasteiger partial charge >= 0.3 is 0 Å². The van der Waals surface area contributed by atoms with Crippen LogP contribution in [0.4, 0.5) is 0 Å². The summed E-state index contributed by atoms with van der Waals surface area (Å²) in [4.78, 5) is -0.177. The fraction of sp³-hybridized carbons (Fsp3) is 0.500. The molecular formula is C24H38N4O4S. The van der Waals surface area contributed by atoms with E-state index >= 15 is 0 Å². The number of phenols is 2. The third kappa shape index (κ3) is 5.33. The zero-order chi connectivity index (χ0) is 25.9. The molecule has 8 nitrogen and oxygen atoms in total. The van der Waals surface area contributed by atoms with Crippen molar-refractivity contribution in [1.82, 2.24) is 0 Å². The number of hydrogen-bond acceptors (Lipinski definition) is 8. The first-order valence-corrected chi connectivity index (χ1v) is 12.1. The van der Waals surface area contributed by atoms with Crippen LogP contribution in [-0.4, -0.2) is 18.6 Å². The monoisotopic (exact) mass is 478 g/mol. The van der Waals surface area contributed by atoms with Gasteiger partial charge < -0.3 is 33.1 Å². The zero-order valence-corrected chi connectivity index (χ0v) is 21.6. The molecule has 0 saturated carbocycles. The summed E-state index contributed by atoms with van der Waals surface area (Å²) in [6.45, 7) is 13.3. The lowest BCUT2D eigenvalue weighted by Gasteiger charge is -2.29.